The van der Waals surface area contributed by atoms with Gasteiger partial charge in [0.25, 0.3) is 5.91 Å². The van der Waals surface area contributed by atoms with E-state index in [0.717, 1.165) is 10.9 Å². The smallest absolute Gasteiger partial charge is 0.268 e. The van der Waals surface area contributed by atoms with E-state index in [1.165, 1.54) is 0 Å². The maximum absolute atomic E-state index is 13.1. The Morgan fingerprint density at radius 2 is 2.06 bits per heavy atom. The van der Waals surface area contributed by atoms with E-state index in [9.17, 15) is 19.6 Å². The van der Waals surface area contributed by atoms with Crippen LogP contribution in [0.25, 0.3) is 10.9 Å². The molecule has 3 amide bonds. The lowest BCUT2D eigenvalue weighted by Gasteiger charge is -2.27. The molecule has 1 aliphatic rings. The average molecular weight is 454 g/mol. The van der Waals surface area contributed by atoms with Crippen LogP contribution in [0.3, 0.4) is 0 Å². The van der Waals surface area contributed by atoms with Crippen LogP contribution in [0.1, 0.15) is 50.5 Å². The fourth-order valence-electron chi connectivity index (χ4n) is 4.06. The van der Waals surface area contributed by atoms with Crippen LogP contribution < -0.4 is 20.7 Å². The van der Waals surface area contributed by atoms with Crippen LogP contribution in [-0.4, -0.2) is 48.4 Å². The van der Waals surface area contributed by atoms with E-state index in [1.807, 2.05) is 32.9 Å². The Labute approximate surface area is 193 Å². The SMILES string of the molecule is COc1cccc2[nH]c(C(=O)N[C@@H](CC(C)(C)C)C(=O)N[C@H](C#N)C[C@@H]3CCNC3=O)cc12. The van der Waals surface area contributed by atoms with Gasteiger partial charge in [0.1, 0.15) is 23.5 Å². The second-order valence-electron chi connectivity index (χ2n) is 9.60. The van der Waals surface area contributed by atoms with Gasteiger partial charge >= 0.3 is 0 Å². The molecule has 4 N–H and O–H groups in total. The van der Waals surface area contributed by atoms with Crippen LogP contribution >= 0.6 is 0 Å². The predicted octanol–water partition coefficient (Wildman–Crippen LogP) is 2.25. The van der Waals surface area contributed by atoms with E-state index in [1.54, 1.807) is 19.2 Å². The largest absolute Gasteiger partial charge is 0.496 e. The fraction of sp³-hybridized carbons (Fsp3) is 0.500. The Morgan fingerprint density at radius 3 is 2.67 bits per heavy atom. The zero-order chi connectivity index (χ0) is 24.2. The van der Waals surface area contributed by atoms with E-state index in [-0.39, 0.29) is 23.7 Å². The molecule has 3 rings (SSSR count). The van der Waals surface area contributed by atoms with Crippen LogP contribution in [0.2, 0.25) is 0 Å². The van der Waals surface area contributed by atoms with Crippen molar-refractivity contribution in [2.24, 2.45) is 11.3 Å². The molecule has 0 aliphatic carbocycles. The summed E-state index contributed by atoms with van der Waals surface area (Å²) in [6.45, 7) is 6.49. The number of nitrogens with zero attached hydrogens (tertiary/aromatic N) is 1. The minimum Gasteiger partial charge on any atom is -0.496 e. The molecule has 9 heteroatoms. The number of aromatic amines is 1. The first-order chi connectivity index (χ1) is 15.6. The number of hydrogen-bond donors (Lipinski definition) is 4. The van der Waals surface area contributed by atoms with Crippen LogP contribution in [0, 0.1) is 22.7 Å². The quantitative estimate of drug-likeness (QED) is 0.486. The Hall–Kier alpha value is -3.54. The van der Waals surface area contributed by atoms with Crippen molar-refractivity contribution < 1.29 is 19.1 Å². The average Bonchev–Trinajstić information content (AvgIpc) is 3.37. The molecule has 2 aromatic rings. The Balaban J connectivity index is 1.74. The molecular weight excluding hydrogens is 422 g/mol. The predicted molar refractivity (Wildman–Crippen MR) is 123 cm³/mol. The fourth-order valence-corrected chi connectivity index (χ4v) is 4.06. The molecule has 176 valence electrons. The molecule has 1 fully saturated rings. The summed E-state index contributed by atoms with van der Waals surface area (Å²) < 4.78 is 5.35. The third kappa shape index (κ3) is 6.04. The van der Waals surface area contributed by atoms with E-state index in [2.05, 4.69) is 27.0 Å². The first-order valence-corrected chi connectivity index (χ1v) is 11.1. The molecule has 1 saturated heterocycles. The van der Waals surface area contributed by atoms with E-state index in [0.29, 0.717) is 30.8 Å². The highest BCUT2D eigenvalue weighted by atomic mass is 16.5. The summed E-state index contributed by atoms with van der Waals surface area (Å²) in [6, 6.07) is 7.56. The number of benzene rings is 1. The Kier molecular flexibility index (Phi) is 7.26. The monoisotopic (exact) mass is 453 g/mol. The molecule has 9 nitrogen and oxygen atoms in total. The number of nitrogens with one attached hydrogen (secondary N) is 4. The number of hydrogen-bond acceptors (Lipinski definition) is 5. The van der Waals surface area contributed by atoms with Crippen molar-refractivity contribution in [3.63, 3.8) is 0 Å². The first-order valence-electron chi connectivity index (χ1n) is 11.1. The standard InChI is InChI=1S/C24H31N5O4/c1-24(2,3)12-19(23(32)27-15(13-25)10-14-8-9-26-21(14)30)29-22(31)18-11-16-17(28-18)6-5-7-20(16)33-4/h5-7,11,14-15,19,28H,8-10,12H2,1-4H3,(H,26,30)(H,27,32)(H,29,31)/t14-,15-,19-/m0/s1. The van der Waals surface area contributed by atoms with Crippen molar-refractivity contribution in [1.82, 2.24) is 20.9 Å². The van der Waals surface area contributed by atoms with Crippen LogP contribution in [-0.2, 0) is 9.59 Å². The van der Waals surface area contributed by atoms with Gasteiger partial charge in [0, 0.05) is 23.4 Å². The number of methoxy groups -OCH3 is 1. The molecule has 3 atom stereocenters. The van der Waals surface area contributed by atoms with Crippen LogP contribution in [0.15, 0.2) is 24.3 Å². The molecule has 0 unspecified atom stereocenters. The minimum absolute atomic E-state index is 0.0988. The highest BCUT2D eigenvalue weighted by molar-refractivity contribution is 6.01. The summed E-state index contributed by atoms with van der Waals surface area (Å²) in [6.07, 6.45) is 1.25. The summed E-state index contributed by atoms with van der Waals surface area (Å²) in [5, 5.41) is 18.6. The van der Waals surface area contributed by atoms with Crippen molar-refractivity contribution >= 4 is 28.6 Å². The number of ether oxygens (including phenoxy) is 1. The first kappa shape index (κ1) is 24.1. The van der Waals surface area contributed by atoms with Crippen LogP contribution in [0.5, 0.6) is 5.75 Å². The molecule has 0 bridgehead atoms. The maximum Gasteiger partial charge on any atom is 0.268 e. The number of aromatic nitrogens is 1. The second kappa shape index (κ2) is 9.94. The summed E-state index contributed by atoms with van der Waals surface area (Å²) in [4.78, 5) is 41.0. The lowest BCUT2D eigenvalue weighted by Crippen LogP contribution is -2.51. The van der Waals surface area contributed by atoms with Gasteiger partial charge in [-0.1, -0.05) is 26.8 Å². The molecule has 1 aromatic carbocycles. The number of nitriles is 1. The highest BCUT2D eigenvalue weighted by Crippen LogP contribution is 2.26. The summed E-state index contributed by atoms with van der Waals surface area (Å²) in [7, 11) is 1.56. The van der Waals surface area contributed by atoms with Gasteiger partial charge in [0.2, 0.25) is 11.8 Å². The van der Waals surface area contributed by atoms with E-state index >= 15 is 0 Å². The van der Waals surface area contributed by atoms with Crippen molar-refractivity contribution in [3.8, 4) is 11.8 Å². The van der Waals surface area contributed by atoms with Gasteiger partial charge in [0.05, 0.1) is 13.2 Å². The molecule has 2 heterocycles. The number of carbonyl (C=O) groups excluding carboxylic acids is 3. The second-order valence-corrected chi connectivity index (χ2v) is 9.60. The van der Waals surface area contributed by atoms with Crippen molar-refractivity contribution in [2.75, 3.05) is 13.7 Å². The summed E-state index contributed by atoms with van der Waals surface area (Å²) in [5.74, 6) is -0.636. The molecule has 1 aliphatic heterocycles. The van der Waals surface area contributed by atoms with Gasteiger partial charge in [-0.25, -0.2) is 0 Å². The van der Waals surface area contributed by atoms with Gasteiger partial charge in [-0.2, -0.15) is 5.26 Å². The maximum atomic E-state index is 13.1. The van der Waals surface area contributed by atoms with E-state index in [4.69, 9.17) is 4.74 Å². The topological polar surface area (TPSA) is 136 Å². The summed E-state index contributed by atoms with van der Waals surface area (Å²) in [5.41, 5.74) is 0.795. The number of amides is 3. The van der Waals surface area contributed by atoms with Gasteiger partial charge in [-0.05, 0) is 42.9 Å². The third-order valence-electron chi connectivity index (χ3n) is 5.68. The summed E-state index contributed by atoms with van der Waals surface area (Å²) >= 11 is 0. The Morgan fingerprint density at radius 1 is 1.30 bits per heavy atom. The van der Waals surface area contributed by atoms with Gasteiger partial charge < -0.3 is 25.7 Å². The van der Waals surface area contributed by atoms with Crippen molar-refractivity contribution in [2.45, 2.75) is 52.1 Å². The zero-order valence-corrected chi connectivity index (χ0v) is 19.5. The highest BCUT2D eigenvalue weighted by Gasteiger charge is 2.32. The lowest BCUT2D eigenvalue weighted by molar-refractivity contribution is -0.125. The van der Waals surface area contributed by atoms with E-state index < -0.39 is 23.9 Å². The third-order valence-corrected chi connectivity index (χ3v) is 5.68. The zero-order valence-electron chi connectivity index (χ0n) is 19.5. The molecule has 33 heavy (non-hydrogen) atoms. The molecule has 0 spiro atoms. The molecule has 0 saturated carbocycles. The van der Waals surface area contributed by atoms with Gasteiger partial charge in [-0.15, -0.1) is 0 Å². The number of rotatable bonds is 8. The number of carbonyl (C=O) groups is 3. The number of fused-ring (bicyclic) bond motifs is 1. The van der Waals surface area contributed by atoms with Gasteiger partial charge in [-0.3, -0.25) is 14.4 Å². The molecule has 0 radical (unpaired) electrons. The number of H-pyrrole nitrogens is 1. The van der Waals surface area contributed by atoms with Gasteiger partial charge in [0.15, 0.2) is 0 Å². The van der Waals surface area contributed by atoms with Crippen molar-refractivity contribution in [1.29, 1.82) is 5.26 Å². The van der Waals surface area contributed by atoms with Crippen LogP contribution in [0.4, 0.5) is 0 Å². The van der Waals surface area contributed by atoms with Crippen molar-refractivity contribution in [3.05, 3.63) is 30.0 Å². The Bertz CT molecular complexity index is 1080. The molecular formula is C24H31N5O4. The lowest BCUT2D eigenvalue weighted by atomic mass is 9.87. The normalized spacial score (nSPS) is 17.7. The minimum atomic E-state index is -0.848. The molecule has 1 aromatic heterocycles.